The van der Waals surface area contributed by atoms with Gasteiger partial charge >= 0.3 is 0 Å². The summed E-state index contributed by atoms with van der Waals surface area (Å²) in [5.41, 5.74) is 2.55. The zero-order valence-electron chi connectivity index (χ0n) is 18.9. The number of halogens is 1. The molecule has 0 aliphatic carbocycles. The van der Waals surface area contributed by atoms with Crippen LogP contribution in [0.25, 0.3) is 21.8 Å². The number of nitrogens with zero attached hydrogens (tertiary/aromatic N) is 3. The van der Waals surface area contributed by atoms with Gasteiger partial charge in [-0.1, -0.05) is 24.3 Å². The van der Waals surface area contributed by atoms with Crippen LogP contribution in [0, 0.1) is 5.82 Å². The maximum absolute atomic E-state index is 13.2. The second kappa shape index (κ2) is 9.65. The van der Waals surface area contributed by atoms with Crippen molar-refractivity contribution in [2.24, 2.45) is 0 Å². The Hall–Kier alpha value is -3.71. The standard InChI is InChI=1S/C27H27FN4O2/c28-20-9-11-21(12-10-20)31-17-15-30(16-18-31)14-13-29-26(33)19-32-24-7-3-1-5-22(24)27(34)23-6-2-4-8-25(23)32/h1-12H,13-19H2,(H,29,33). The lowest BCUT2D eigenvalue weighted by molar-refractivity contribution is -0.121. The van der Waals surface area contributed by atoms with Crippen LogP contribution >= 0.6 is 0 Å². The highest BCUT2D eigenvalue weighted by atomic mass is 19.1. The Labute approximate surface area is 197 Å². The number of anilines is 1. The molecule has 174 valence electrons. The molecule has 3 aromatic carbocycles. The first-order valence-electron chi connectivity index (χ1n) is 11.6. The second-order valence-electron chi connectivity index (χ2n) is 8.60. The van der Waals surface area contributed by atoms with Crippen LogP contribution in [0.2, 0.25) is 0 Å². The molecule has 1 N–H and O–H groups in total. The van der Waals surface area contributed by atoms with E-state index in [4.69, 9.17) is 0 Å². The van der Waals surface area contributed by atoms with E-state index in [0.29, 0.717) is 17.3 Å². The topological polar surface area (TPSA) is 57.6 Å². The van der Waals surface area contributed by atoms with Gasteiger partial charge < -0.3 is 14.8 Å². The van der Waals surface area contributed by atoms with Gasteiger partial charge in [-0.15, -0.1) is 0 Å². The Morgan fingerprint density at radius 1 is 0.824 bits per heavy atom. The summed E-state index contributed by atoms with van der Waals surface area (Å²) in [5, 5.41) is 4.27. The first kappa shape index (κ1) is 22.1. The number of benzene rings is 3. The first-order chi connectivity index (χ1) is 16.6. The maximum Gasteiger partial charge on any atom is 0.240 e. The van der Waals surface area contributed by atoms with Gasteiger partial charge in [-0.2, -0.15) is 0 Å². The summed E-state index contributed by atoms with van der Waals surface area (Å²) >= 11 is 0. The van der Waals surface area contributed by atoms with Crippen LogP contribution in [0.4, 0.5) is 10.1 Å². The molecular weight excluding hydrogens is 431 g/mol. The van der Waals surface area contributed by atoms with Gasteiger partial charge in [-0.3, -0.25) is 14.5 Å². The predicted molar refractivity (Wildman–Crippen MR) is 134 cm³/mol. The Bertz CT molecular complexity index is 1320. The Morgan fingerprint density at radius 3 is 2.03 bits per heavy atom. The molecule has 0 spiro atoms. The van der Waals surface area contributed by atoms with Crippen LogP contribution in [0.15, 0.2) is 77.6 Å². The molecule has 0 saturated carbocycles. The third-order valence-corrected chi connectivity index (χ3v) is 6.49. The van der Waals surface area contributed by atoms with E-state index in [0.717, 1.165) is 49.4 Å². The minimum Gasteiger partial charge on any atom is -0.369 e. The van der Waals surface area contributed by atoms with Crippen LogP contribution in [-0.2, 0) is 11.3 Å². The molecule has 34 heavy (non-hydrogen) atoms. The summed E-state index contributed by atoms with van der Waals surface area (Å²) in [7, 11) is 0. The highest BCUT2D eigenvalue weighted by Gasteiger charge is 2.17. The molecule has 0 atom stereocenters. The molecule has 4 aromatic rings. The molecule has 1 aliphatic heterocycles. The van der Waals surface area contributed by atoms with Gasteiger partial charge in [0.15, 0.2) is 5.43 Å². The van der Waals surface area contributed by atoms with Gasteiger partial charge in [0, 0.05) is 55.7 Å². The number of hydrogen-bond acceptors (Lipinski definition) is 4. The number of amides is 1. The van der Waals surface area contributed by atoms with Crippen LogP contribution in [0.3, 0.4) is 0 Å². The van der Waals surface area contributed by atoms with Gasteiger partial charge in [0.05, 0.1) is 11.0 Å². The van der Waals surface area contributed by atoms with E-state index in [-0.39, 0.29) is 23.7 Å². The number of fused-ring (bicyclic) bond motifs is 2. The molecule has 6 nitrogen and oxygen atoms in total. The largest absolute Gasteiger partial charge is 0.369 e. The molecule has 1 fully saturated rings. The fourth-order valence-electron chi connectivity index (χ4n) is 4.68. The lowest BCUT2D eigenvalue weighted by atomic mass is 10.1. The van der Waals surface area contributed by atoms with Gasteiger partial charge in [0.25, 0.3) is 0 Å². The molecule has 0 bridgehead atoms. The smallest absolute Gasteiger partial charge is 0.240 e. The second-order valence-corrected chi connectivity index (χ2v) is 8.60. The third kappa shape index (κ3) is 4.52. The van der Waals surface area contributed by atoms with E-state index >= 15 is 0 Å². The molecule has 1 aromatic heterocycles. The van der Waals surface area contributed by atoms with Crippen molar-refractivity contribution < 1.29 is 9.18 Å². The summed E-state index contributed by atoms with van der Waals surface area (Å²) in [6, 6.07) is 21.5. The SMILES string of the molecule is O=C(Cn1c2ccccc2c(=O)c2ccccc21)NCCN1CCN(c2ccc(F)cc2)CC1. The molecule has 1 aliphatic rings. The normalized spacial score (nSPS) is 14.6. The first-order valence-corrected chi connectivity index (χ1v) is 11.6. The maximum atomic E-state index is 13.2. The zero-order valence-corrected chi connectivity index (χ0v) is 18.9. The summed E-state index contributed by atoms with van der Waals surface area (Å²) in [5.74, 6) is -0.301. The van der Waals surface area contributed by atoms with E-state index in [2.05, 4.69) is 15.1 Å². The molecule has 2 heterocycles. The van der Waals surface area contributed by atoms with Gasteiger partial charge in [-0.25, -0.2) is 4.39 Å². The van der Waals surface area contributed by atoms with Gasteiger partial charge in [0.1, 0.15) is 12.4 Å². The van der Waals surface area contributed by atoms with E-state index in [1.807, 2.05) is 65.2 Å². The van der Waals surface area contributed by atoms with Crippen molar-refractivity contribution in [3.8, 4) is 0 Å². The average molecular weight is 459 g/mol. The molecule has 7 heteroatoms. The summed E-state index contributed by atoms with van der Waals surface area (Å²) in [6.45, 7) is 5.01. The van der Waals surface area contributed by atoms with E-state index in [1.165, 1.54) is 12.1 Å². The van der Waals surface area contributed by atoms with E-state index in [9.17, 15) is 14.0 Å². The van der Waals surface area contributed by atoms with Crippen molar-refractivity contribution in [3.05, 3.63) is 88.8 Å². The van der Waals surface area contributed by atoms with Crippen LogP contribution in [0.1, 0.15) is 0 Å². The molecule has 5 rings (SSSR count). The molecule has 0 unspecified atom stereocenters. The minimum absolute atomic E-state index is 0.0114. The fourth-order valence-corrected chi connectivity index (χ4v) is 4.68. The number of piperazine rings is 1. The predicted octanol–water partition coefficient (Wildman–Crippen LogP) is 3.23. The van der Waals surface area contributed by atoms with Crippen molar-refractivity contribution in [1.82, 2.24) is 14.8 Å². The lowest BCUT2D eigenvalue weighted by Gasteiger charge is -2.36. The van der Waals surface area contributed by atoms with Crippen molar-refractivity contribution in [2.45, 2.75) is 6.54 Å². The van der Waals surface area contributed by atoms with E-state index in [1.54, 1.807) is 0 Å². The number of aromatic nitrogens is 1. The summed E-state index contributed by atoms with van der Waals surface area (Å²) < 4.78 is 15.1. The monoisotopic (exact) mass is 458 g/mol. The molecule has 1 saturated heterocycles. The van der Waals surface area contributed by atoms with E-state index < -0.39 is 0 Å². The number of carbonyl (C=O) groups excluding carboxylic acids is 1. The van der Waals surface area contributed by atoms with Crippen molar-refractivity contribution in [1.29, 1.82) is 0 Å². The number of para-hydroxylation sites is 2. The van der Waals surface area contributed by atoms with Gasteiger partial charge in [-0.05, 0) is 48.5 Å². The molecule has 0 radical (unpaired) electrons. The number of rotatable bonds is 6. The van der Waals surface area contributed by atoms with Crippen molar-refractivity contribution >= 4 is 33.4 Å². The Morgan fingerprint density at radius 2 is 1.41 bits per heavy atom. The fraction of sp³-hybridized carbons (Fsp3) is 0.259. The number of carbonyl (C=O) groups is 1. The van der Waals surface area contributed by atoms with Crippen molar-refractivity contribution in [3.63, 3.8) is 0 Å². The third-order valence-electron chi connectivity index (χ3n) is 6.49. The Kier molecular flexibility index (Phi) is 6.27. The molecule has 1 amide bonds. The number of nitrogens with one attached hydrogen (secondary N) is 1. The van der Waals surface area contributed by atoms with Crippen LogP contribution in [0.5, 0.6) is 0 Å². The Balaban J connectivity index is 1.19. The molecular formula is C27H27FN4O2. The van der Waals surface area contributed by atoms with Crippen LogP contribution in [-0.4, -0.2) is 54.6 Å². The number of pyridine rings is 1. The highest BCUT2D eigenvalue weighted by molar-refractivity contribution is 5.94. The zero-order chi connectivity index (χ0) is 23.5. The highest BCUT2D eigenvalue weighted by Crippen LogP contribution is 2.19. The summed E-state index contributed by atoms with van der Waals surface area (Å²) in [6.07, 6.45) is 0. The quantitative estimate of drug-likeness (QED) is 0.451. The van der Waals surface area contributed by atoms with Gasteiger partial charge in [0.2, 0.25) is 5.91 Å². The summed E-state index contributed by atoms with van der Waals surface area (Å²) in [4.78, 5) is 30.3. The lowest BCUT2D eigenvalue weighted by Crippen LogP contribution is -2.48. The number of hydrogen-bond donors (Lipinski definition) is 1. The average Bonchev–Trinajstić information content (AvgIpc) is 2.87. The minimum atomic E-state index is -0.221. The van der Waals surface area contributed by atoms with Crippen LogP contribution < -0.4 is 15.6 Å². The van der Waals surface area contributed by atoms with Crippen molar-refractivity contribution in [2.75, 3.05) is 44.2 Å².